The molecule has 0 spiro atoms. The summed E-state index contributed by atoms with van der Waals surface area (Å²) in [5, 5.41) is 9.79. The van der Waals surface area contributed by atoms with Gasteiger partial charge in [-0.3, -0.25) is 0 Å². The molecule has 0 bridgehead atoms. The first kappa shape index (κ1) is 17.8. The van der Waals surface area contributed by atoms with Gasteiger partial charge in [0, 0.05) is 17.4 Å². The van der Waals surface area contributed by atoms with Crippen molar-refractivity contribution in [3.63, 3.8) is 0 Å². The third-order valence-electron chi connectivity index (χ3n) is 4.09. The molecular weight excluding hydrogens is 348 g/mol. The van der Waals surface area contributed by atoms with Crippen LogP contribution in [0.5, 0.6) is 5.88 Å². The van der Waals surface area contributed by atoms with Crippen LogP contribution in [0.15, 0.2) is 10.3 Å². The lowest BCUT2D eigenvalue weighted by Crippen LogP contribution is -2.40. The highest BCUT2D eigenvalue weighted by Crippen LogP contribution is 2.41. The predicted molar refractivity (Wildman–Crippen MR) is 87.5 cm³/mol. The molecule has 0 aromatic carbocycles. The van der Waals surface area contributed by atoms with Gasteiger partial charge in [0.05, 0.1) is 19.4 Å². The van der Waals surface area contributed by atoms with Crippen LogP contribution in [0.3, 0.4) is 0 Å². The minimum atomic E-state index is -0.448. The molecule has 1 aromatic heterocycles. The Kier molecular flexibility index (Phi) is 5.45. The summed E-state index contributed by atoms with van der Waals surface area (Å²) in [5.41, 5.74) is 18.3. The van der Waals surface area contributed by atoms with E-state index in [-0.39, 0.29) is 37.0 Å². The molecule has 3 heterocycles. The molecule has 1 fully saturated rings. The zero-order valence-electron chi connectivity index (χ0n) is 13.6. The van der Waals surface area contributed by atoms with Crippen LogP contribution in [0, 0.1) is 11.4 Å². The Hall–Kier alpha value is -2.97. The number of ether oxygens (including phenoxy) is 1. The highest BCUT2D eigenvalue weighted by molar-refractivity contribution is 5.77. The average molecular weight is 366 g/mol. The van der Waals surface area contributed by atoms with Crippen molar-refractivity contribution in [3.05, 3.63) is 10.4 Å². The molecule has 3 rings (SSSR count). The van der Waals surface area contributed by atoms with E-state index in [2.05, 4.69) is 40.8 Å². The van der Waals surface area contributed by atoms with E-state index in [1.54, 1.807) is 0 Å². The van der Waals surface area contributed by atoms with E-state index in [1.165, 1.54) is 0 Å². The third-order valence-corrected chi connectivity index (χ3v) is 4.09. The van der Waals surface area contributed by atoms with Crippen LogP contribution in [0.2, 0.25) is 0 Å². The maximum atomic E-state index is 8.63. The Bertz CT molecular complexity index is 710. The molecule has 15 nitrogen and oxygen atoms in total. The zero-order chi connectivity index (χ0) is 18.5. The summed E-state index contributed by atoms with van der Waals surface area (Å²) in [6.07, 6.45) is -0.0952. The minimum absolute atomic E-state index is 0.0411. The number of anilines is 3. The number of aromatic nitrogens is 2. The number of hydrogen-bond acceptors (Lipinski definition) is 12. The van der Waals surface area contributed by atoms with Gasteiger partial charge in [0.2, 0.25) is 5.95 Å². The van der Waals surface area contributed by atoms with Gasteiger partial charge in [-0.25, -0.2) is 11.3 Å². The predicted octanol–water partition coefficient (Wildman–Crippen LogP) is 0.208. The van der Waals surface area contributed by atoms with Crippen molar-refractivity contribution in [1.29, 1.82) is 5.53 Å². The van der Waals surface area contributed by atoms with E-state index in [0.717, 1.165) is 0 Å². The first-order valence-electron chi connectivity index (χ1n) is 7.61. The van der Waals surface area contributed by atoms with Crippen LogP contribution in [0.4, 0.5) is 17.5 Å². The Morgan fingerprint density at radius 2 is 2.35 bits per heavy atom. The molecule has 26 heavy (non-hydrogen) atoms. The summed E-state index contributed by atoms with van der Waals surface area (Å²) >= 11 is 0. The van der Waals surface area contributed by atoms with Crippen LogP contribution < -0.4 is 32.3 Å². The van der Waals surface area contributed by atoms with Crippen molar-refractivity contribution in [2.75, 3.05) is 35.5 Å². The molecule has 15 heteroatoms. The molecule has 0 saturated carbocycles. The van der Waals surface area contributed by atoms with Gasteiger partial charge in [-0.05, 0) is 12.0 Å². The van der Waals surface area contributed by atoms with Gasteiger partial charge >= 0.3 is 0 Å². The summed E-state index contributed by atoms with van der Waals surface area (Å²) in [7, 11) is 0. The molecule has 0 amide bonds. The van der Waals surface area contributed by atoms with Crippen molar-refractivity contribution >= 4 is 17.5 Å². The second kappa shape index (κ2) is 7.94. The molecule has 0 unspecified atom stereocenters. The molecule has 7 N–H and O–H groups in total. The van der Waals surface area contributed by atoms with E-state index >= 15 is 0 Å². The zero-order valence-corrected chi connectivity index (χ0v) is 13.6. The third kappa shape index (κ3) is 3.37. The molecule has 2 aliphatic heterocycles. The highest BCUT2D eigenvalue weighted by Gasteiger charge is 2.42. The summed E-state index contributed by atoms with van der Waals surface area (Å²) in [4.78, 5) is 22.4. The van der Waals surface area contributed by atoms with Gasteiger partial charge in [0.25, 0.3) is 5.88 Å². The topological polar surface area (TPSA) is 218 Å². The van der Waals surface area contributed by atoms with Crippen molar-refractivity contribution < 1.29 is 14.4 Å². The number of rotatable bonds is 8. The molecule has 3 atom stereocenters. The summed E-state index contributed by atoms with van der Waals surface area (Å²) < 4.78 is 6.01. The Balaban J connectivity index is 1.91. The number of nitrogens with zero attached hydrogens (tertiary/aromatic N) is 7. The number of fused-ring (bicyclic) bond motifs is 1. The summed E-state index contributed by atoms with van der Waals surface area (Å²) in [6.45, 7) is 0.797. The summed E-state index contributed by atoms with van der Waals surface area (Å²) in [6, 6.07) is 0. The van der Waals surface area contributed by atoms with E-state index < -0.39 is 6.23 Å². The molecule has 1 saturated heterocycles. The lowest BCUT2D eigenvalue weighted by atomic mass is 10.0. The molecule has 0 aliphatic carbocycles. The van der Waals surface area contributed by atoms with Crippen molar-refractivity contribution in [2.24, 2.45) is 28.0 Å². The average Bonchev–Trinajstić information content (AvgIpc) is 3.23. The number of hydrogen-bond donors (Lipinski definition) is 5. The van der Waals surface area contributed by atoms with Crippen LogP contribution in [-0.2, 0) is 9.57 Å². The maximum Gasteiger partial charge on any atom is 0.268 e. The van der Waals surface area contributed by atoms with Gasteiger partial charge < -0.3 is 24.6 Å². The van der Waals surface area contributed by atoms with Crippen LogP contribution in [-0.4, -0.2) is 42.1 Å². The largest absolute Gasteiger partial charge is 0.389 e. The lowest BCUT2D eigenvalue weighted by molar-refractivity contribution is -0.0193. The minimum Gasteiger partial charge on any atom is -0.389 e. The standard InChI is InChI=1S/C11H18N12O3/c12-21-17-2-5-1-6(3-24-14)25-10(5)23-4-16-7-8(23)18-11(20-22-13)19-9(7)26-15/h5-6,10,16H,1-4,14-15H2,(H2,13,18,19,20)/t5-,6+,10-/m1/s1. The van der Waals surface area contributed by atoms with Crippen LogP contribution >= 0.6 is 0 Å². The highest BCUT2D eigenvalue weighted by atomic mass is 16.6. The fraction of sp³-hybridized carbons (Fsp3) is 0.636. The lowest BCUT2D eigenvalue weighted by Gasteiger charge is -2.28. The fourth-order valence-corrected chi connectivity index (χ4v) is 3.09. The van der Waals surface area contributed by atoms with Gasteiger partial charge in [-0.2, -0.15) is 21.4 Å². The maximum absolute atomic E-state index is 8.63. The van der Waals surface area contributed by atoms with Crippen LogP contribution in [0.25, 0.3) is 10.4 Å². The Morgan fingerprint density at radius 1 is 1.50 bits per heavy atom. The first-order chi connectivity index (χ1) is 12.7. The van der Waals surface area contributed by atoms with Crippen molar-refractivity contribution in [1.82, 2.24) is 9.97 Å². The summed E-state index contributed by atoms with van der Waals surface area (Å²) in [5.74, 6) is 10.9. The molecule has 0 radical (unpaired) electrons. The Labute approximate surface area is 147 Å². The molecular formula is C11H18N12O3. The Morgan fingerprint density at radius 3 is 3.04 bits per heavy atom. The van der Waals surface area contributed by atoms with Gasteiger partial charge in [-0.1, -0.05) is 10.3 Å². The van der Waals surface area contributed by atoms with Crippen molar-refractivity contribution in [3.8, 4) is 5.88 Å². The number of nitrogens with one attached hydrogen (secondary N) is 3. The molecule has 2 aliphatic rings. The molecule has 140 valence electrons. The SMILES string of the molecule is [N-]=[N+]=NC[C@H]1C[C@@H](CON)O[C@H]1N1CNc2c(ON)nc(NN=N)nc21. The smallest absolute Gasteiger partial charge is 0.268 e. The van der Waals surface area contributed by atoms with Gasteiger partial charge in [-0.15, -0.1) is 0 Å². The van der Waals surface area contributed by atoms with Gasteiger partial charge in [0.15, 0.2) is 5.82 Å². The normalized spacial score (nSPS) is 23.8. The second-order valence-corrected chi connectivity index (χ2v) is 5.59. The van der Waals surface area contributed by atoms with Crippen LogP contribution in [0.1, 0.15) is 6.42 Å². The van der Waals surface area contributed by atoms with Gasteiger partial charge in [0.1, 0.15) is 11.9 Å². The van der Waals surface area contributed by atoms with E-state index in [4.69, 9.17) is 32.4 Å². The number of nitrogens with two attached hydrogens (primary N) is 2. The van der Waals surface area contributed by atoms with Crippen molar-refractivity contribution in [2.45, 2.75) is 18.8 Å². The quantitative estimate of drug-likeness (QED) is 0.182. The number of azide groups is 1. The van der Waals surface area contributed by atoms with E-state index in [9.17, 15) is 0 Å². The second-order valence-electron chi connectivity index (χ2n) is 5.59. The molecule has 1 aromatic rings. The van der Waals surface area contributed by atoms with E-state index in [0.29, 0.717) is 24.6 Å². The van der Waals surface area contributed by atoms with E-state index in [1.807, 2.05) is 4.90 Å². The first-order valence-corrected chi connectivity index (χ1v) is 7.61. The fourth-order valence-electron chi connectivity index (χ4n) is 3.09. The monoisotopic (exact) mass is 366 g/mol.